The zero-order chi connectivity index (χ0) is 7.28. The van der Waals surface area contributed by atoms with E-state index >= 15 is 0 Å². The molecule has 0 atom stereocenters. The van der Waals surface area contributed by atoms with Gasteiger partial charge in [0, 0.05) is 5.71 Å². The van der Waals surface area contributed by atoms with Crippen LogP contribution in [0, 0.1) is 5.41 Å². The smallest absolute Gasteiger partial charge is 0.107 e. The lowest BCUT2D eigenvalue weighted by molar-refractivity contribution is 1.45. The van der Waals surface area contributed by atoms with Crippen LogP contribution in [0.2, 0.25) is 0 Å². The topological polar surface area (TPSA) is 36.2 Å². The van der Waals surface area contributed by atoms with E-state index < -0.39 is 0 Å². The fraction of sp³-hybridized carbons (Fsp3) is 0.429. The summed E-state index contributed by atoms with van der Waals surface area (Å²) in [5, 5.41) is 6.66. The van der Waals surface area contributed by atoms with Crippen molar-refractivity contribution in [2.75, 3.05) is 0 Å². The molecule has 0 rings (SSSR count). The van der Waals surface area contributed by atoms with Gasteiger partial charge in [-0.2, -0.15) is 0 Å². The molecule has 0 spiro atoms. The van der Waals surface area contributed by atoms with Crippen molar-refractivity contribution in [2.24, 2.45) is 4.99 Å². The highest BCUT2D eigenvalue weighted by atomic mass is 14.8. The van der Waals surface area contributed by atoms with Gasteiger partial charge in [-0.1, -0.05) is 6.08 Å². The Morgan fingerprint density at radius 2 is 2.00 bits per heavy atom. The fourth-order valence-electron chi connectivity index (χ4n) is 0.408. The lowest BCUT2D eigenvalue weighted by atomic mass is 10.2. The van der Waals surface area contributed by atoms with Gasteiger partial charge in [0.25, 0.3) is 0 Å². The van der Waals surface area contributed by atoms with Gasteiger partial charge in [-0.25, -0.2) is 4.99 Å². The molecule has 0 heterocycles. The Kier molecular flexibility index (Phi) is 3.60. The summed E-state index contributed by atoms with van der Waals surface area (Å²) >= 11 is 0. The molecule has 0 saturated heterocycles. The molecule has 0 aliphatic carbocycles. The van der Waals surface area contributed by atoms with E-state index in [0.29, 0.717) is 0 Å². The van der Waals surface area contributed by atoms with Crippen LogP contribution in [0.15, 0.2) is 16.6 Å². The molecular formula is C7H12N2. The van der Waals surface area contributed by atoms with Crippen molar-refractivity contribution in [3.05, 3.63) is 11.6 Å². The van der Waals surface area contributed by atoms with Gasteiger partial charge in [-0.05, 0) is 26.3 Å². The predicted octanol–water partition coefficient (Wildman–Crippen LogP) is 2.02. The molecule has 2 nitrogen and oxygen atoms in total. The lowest BCUT2D eigenvalue weighted by Gasteiger charge is -1.93. The van der Waals surface area contributed by atoms with Crippen molar-refractivity contribution < 1.29 is 0 Å². The van der Waals surface area contributed by atoms with E-state index in [-0.39, 0.29) is 0 Å². The molecule has 0 aromatic heterocycles. The summed E-state index contributed by atoms with van der Waals surface area (Å²) in [5.74, 6) is 0. The van der Waals surface area contributed by atoms with E-state index in [9.17, 15) is 0 Å². The predicted molar refractivity (Wildman–Crippen MR) is 41.3 cm³/mol. The number of allylic oxidation sites excluding steroid dienone is 2. The summed E-state index contributed by atoms with van der Waals surface area (Å²) in [5.41, 5.74) is 2.03. The van der Waals surface area contributed by atoms with E-state index in [1.54, 1.807) is 0 Å². The molecule has 0 unspecified atom stereocenters. The molecule has 1 N–H and O–H groups in total. The van der Waals surface area contributed by atoms with Crippen molar-refractivity contribution in [3.63, 3.8) is 0 Å². The van der Waals surface area contributed by atoms with Gasteiger partial charge in [0.15, 0.2) is 0 Å². The summed E-state index contributed by atoms with van der Waals surface area (Å²) in [4.78, 5) is 3.79. The zero-order valence-corrected chi connectivity index (χ0v) is 6.10. The second-order valence-corrected chi connectivity index (χ2v) is 1.82. The molecule has 50 valence electrons. The number of hydrogen-bond acceptors (Lipinski definition) is 1. The number of nitrogens with one attached hydrogen (secondary N) is 1. The van der Waals surface area contributed by atoms with Crippen molar-refractivity contribution in [1.82, 2.24) is 0 Å². The van der Waals surface area contributed by atoms with Crippen LogP contribution in [0.4, 0.5) is 0 Å². The minimum atomic E-state index is 0.910. The molecule has 0 bridgehead atoms. The Balaban J connectivity index is 4.19. The van der Waals surface area contributed by atoms with Gasteiger partial charge in [0.1, 0.15) is 6.34 Å². The molecular weight excluding hydrogens is 112 g/mol. The van der Waals surface area contributed by atoms with Crippen molar-refractivity contribution in [2.45, 2.75) is 20.8 Å². The summed E-state index contributed by atoms with van der Waals surface area (Å²) < 4.78 is 0. The monoisotopic (exact) mass is 124 g/mol. The van der Waals surface area contributed by atoms with Crippen LogP contribution in [-0.4, -0.2) is 12.1 Å². The average Bonchev–Trinajstić information content (AvgIpc) is 1.87. The minimum absolute atomic E-state index is 0.910. The third-order valence-electron chi connectivity index (χ3n) is 1.26. The highest BCUT2D eigenvalue weighted by Gasteiger charge is 1.88. The highest BCUT2D eigenvalue weighted by molar-refractivity contribution is 6.01. The van der Waals surface area contributed by atoms with E-state index in [4.69, 9.17) is 5.41 Å². The summed E-state index contributed by atoms with van der Waals surface area (Å²) in [6.07, 6.45) is 3.03. The molecule has 0 radical (unpaired) electrons. The molecule has 0 amide bonds. The standard InChI is InChI=1S/C7H12N2/c1-4-6(2)7(3)9-5-8/h4-5,8H,1-3H3/b6-4-,8-5?,9-7?. The molecule has 0 aliphatic heterocycles. The molecule has 0 fully saturated rings. The SMILES string of the molecule is C/C=C(/C)C(C)=NC=N. The Morgan fingerprint density at radius 3 is 2.33 bits per heavy atom. The second-order valence-electron chi connectivity index (χ2n) is 1.82. The number of hydrogen-bond donors (Lipinski definition) is 1. The van der Waals surface area contributed by atoms with Crippen LogP contribution < -0.4 is 0 Å². The largest absolute Gasteiger partial charge is 0.290 e. The molecule has 2 heteroatoms. The molecule has 0 saturated carbocycles. The minimum Gasteiger partial charge on any atom is -0.290 e. The number of rotatable bonds is 2. The second kappa shape index (κ2) is 4.01. The van der Waals surface area contributed by atoms with Crippen LogP contribution >= 0.6 is 0 Å². The summed E-state index contributed by atoms with van der Waals surface area (Å²) in [6, 6.07) is 0. The highest BCUT2D eigenvalue weighted by Crippen LogP contribution is 1.93. The first kappa shape index (κ1) is 8.08. The Hall–Kier alpha value is -0.920. The van der Waals surface area contributed by atoms with Crippen molar-refractivity contribution in [1.29, 1.82) is 5.41 Å². The van der Waals surface area contributed by atoms with Gasteiger partial charge in [0.2, 0.25) is 0 Å². The number of nitrogens with zero attached hydrogens (tertiary/aromatic N) is 1. The first-order valence-electron chi connectivity index (χ1n) is 2.89. The Bertz CT molecular complexity index is 154. The van der Waals surface area contributed by atoms with Crippen LogP contribution in [0.5, 0.6) is 0 Å². The van der Waals surface area contributed by atoms with Gasteiger partial charge < -0.3 is 0 Å². The van der Waals surface area contributed by atoms with Crippen LogP contribution in [0.1, 0.15) is 20.8 Å². The fourth-order valence-corrected chi connectivity index (χ4v) is 0.408. The van der Waals surface area contributed by atoms with Crippen LogP contribution in [-0.2, 0) is 0 Å². The summed E-state index contributed by atoms with van der Waals surface area (Å²) in [7, 11) is 0. The molecule has 0 aromatic carbocycles. The van der Waals surface area contributed by atoms with Gasteiger partial charge in [0.05, 0.1) is 0 Å². The van der Waals surface area contributed by atoms with E-state index in [1.807, 2.05) is 26.8 Å². The molecule has 9 heavy (non-hydrogen) atoms. The maximum atomic E-state index is 6.66. The van der Waals surface area contributed by atoms with Gasteiger partial charge in [-0.15, -0.1) is 0 Å². The quantitative estimate of drug-likeness (QED) is 0.432. The molecule has 0 aliphatic rings. The first-order chi connectivity index (χ1) is 4.22. The van der Waals surface area contributed by atoms with Crippen molar-refractivity contribution >= 4 is 12.1 Å². The van der Waals surface area contributed by atoms with E-state index in [2.05, 4.69) is 4.99 Å². The third-order valence-corrected chi connectivity index (χ3v) is 1.26. The van der Waals surface area contributed by atoms with Crippen LogP contribution in [0.3, 0.4) is 0 Å². The summed E-state index contributed by atoms with van der Waals surface area (Å²) in [6.45, 7) is 5.82. The van der Waals surface area contributed by atoms with Crippen LogP contribution in [0.25, 0.3) is 0 Å². The van der Waals surface area contributed by atoms with Gasteiger partial charge >= 0.3 is 0 Å². The first-order valence-corrected chi connectivity index (χ1v) is 2.89. The third kappa shape index (κ3) is 2.80. The van der Waals surface area contributed by atoms with E-state index in [0.717, 1.165) is 17.6 Å². The number of aliphatic imine (C=N–C) groups is 1. The van der Waals surface area contributed by atoms with E-state index in [1.165, 1.54) is 0 Å². The Labute approximate surface area is 55.8 Å². The van der Waals surface area contributed by atoms with Gasteiger partial charge in [-0.3, -0.25) is 5.41 Å². The maximum absolute atomic E-state index is 6.66. The normalized spacial score (nSPS) is 13.7. The maximum Gasteiger partial charge on any atom is 0.107 e. The van der Waals surface area contributed by atoms with Crippen molar-refractivity contribution in [3.8, 4) is 0 Å². The molecule has 0 aromatic rings. The lowest BCUT2D eigenvalue weighted by Crippen LogP contribution is -1.91. The zero-order valence-electron chi connectivity index (χ0n) is 6.10. The average molecular weight is 124 g/mol. The Morgan fingerprint density at radius 1 is 1.44 bits per heavy atom.